The highest BCUT2D eigenvalue weighted by Gasteiger charge is 2.38. The zero-order chi connectivity index (χ0) is 17.8. The molecule has 1 aliphatic rings. The second-order valence-electron chi connectivity index (χ2n) is 6.65. The lowest BCUT2D eigenvalue weighted by Gasteiger charge is -2.40. The second-order valence-corrected chi connectivity index (χ2v) is 6.65. The second kappa shape index (κ2) is 5.18. The van der Waals surface area contributed by atoms with E-state index in [2.05, 4.69) is 21.1 Å². The molecule has 3 heterocycles. The summed E-state index contributed by atoms with van der Waals surface area (Å²) >= 11 is 0. The van der Waals surface area contributed by atoms with Crippen LogP contribution in [-0.4, -0.2) is 26.5 Å². The third-order valence-electron chi connectivity index (χ3n) is 4.58. The van der Waals surface area contributed by atoms with Crippen LogP contribution in [0.2, 0.25) is 0 Å². The van der Waals surface area contributed by atoms with Crippen molar-refractivity contribution in [2.75, 3.05) is 4.90 Å². The van der Waals surface area contributed by atoms with E-state index >= 15 is 0 Å². The molecule has 0 aliphatic carbocycles. The number of anilines is 1. The third-order valence-corrected chi connectivity index (χ3v) is 4.58. The SMILES string of the molecule is Cn1nc(C2C=Nc3[nH]ccc3N2C(C)(C)C#N)c2ccc(F)cc21. The van der Waals surface area contributed by atoms with Crippen LogP contribution >= 0.6 is 0 Å². The molecule has 2 aromatic heterocycles. The maximum absolute atomic E-state index is 13.6. The number of halogens is 1. The van der Waals surface area contributed by atoms with Crippen molar-refractivity contribution in [3.63, 3.8) is 0 Å². The summed E-state index contributed by atoms with van der Waals surface area (Å²) < 4.78 is 15.3. The van der Waals surface area contributed by atoms with Gasteiger partial charge in [0.05, 0.1) is 23.0 Å². The third kappa shape index (κ3) is 2.22. The first-order valence-electron chi connectivity index (χ1n) is 7.96. The Bertz CT molecular complexity index is 1040. The molecular formula is C18H17FN6. The molecule has 1 N–H and O–H groups in total. The minimum Gasteiger partial charge on any atom is -0.345 e. The summed E-state index contributed by atoms with van der Waals surface area (Å²) in [5.74, 6) is 0.410. The Kier molecular flexibility index (Phi) is 3.19. The average molecular weight is 336 g/mol. The van der Waals surface area contributed by atoms with Crippen LogP contribution in [0.1, 0.15) is 25.6 Å². The van der Waals surface area contributed by atoms with Crippen molar-refractivity contribution in [1.29, 1.82) is 5.26 Å². The van der Waals surface area contributed by atoms with E-state index in [0.717, 1.165) is 16.8 Å². The van der Waals surface area contributed by atoms with E-state index < -0.39 is 5.54 Å². The molecule has 0 amide bonds. The van der Waals surface area contributed by atoms with Crippen LogP contribution in [0.15, 0.2) is 35.5 Å². The first kappa shape index (κ1) is 15.4. The van der Waals surface area contributed by atoms with Gasteiger partial charge in [0.15, 0.2) is 5.82 Å². The van der Waals surface area contributed by atoms with E-state index in [4.69, 9.17) is 0 Å². The summed E-state index contributed by atoms with van der Waals surface area (Å²) in [4.78, 5) is 9.57. The predicted molar refractivity (Wildman–Crippen MR) is 94.5 cm³/mol. The van der Waals surface area contributed by atoms with Gasteiger partial charge in [0.25, 0.3) is 0 Å². The van der Waals surface area contributed by atoms with Gasteiger partial charge in [-0.2, -0.15) is 10.4 Å². The van der Waals surface area contributed by atoms with Crippen molar-refractivity contribution < 1.29 is 4.39 Å². The van der Waals surface area contributed by atoms with Gasteiger partial charge in [-0.3, -0.25) is 4.68 Å². The zero-order valence-corrected chi connectivity index (χ0v) is 14.2. The Hall–Kier alpha value is -3.14. The largest absolute Gasteiger partial charge is 0.345 e. The molecule has 7 heteroatoms. The van der Waals surface area contributed by atoms with Gasteiger partial charge in [-0.15, -0.1) is 0 Å². The summed E-state index contributed by atoms with van der Waals surface area (Å²) in [5, 5.41) is 15.2. The smallest absolute Gasteiger partial charge is 0.153 e. The molecule has 1 atom stereocenters. The van der Waals surface area contributed by atoms with E-state index in [1.54, 1.807) is 30.2 Å². The predicted octanol–water partition coefficient (Wildman–Crippen LogP) is 3.61. The van der Waals surface area contributed by atoms with Crippen LogP contribution in [0.4, 0.5) is 15.9 Å². The molecule has 0 saturated heterocycles. The maximum atomic E-state index is 13.6. The molecule has 3 aromatic rings. The number of fused-ring (bicyclic) bond motifs is 2. The Morgan fingerprint density at radius 3 is 2.88 bits per heavy atom. The number of nitrogens with zero attached hydrogens (tertiary/aromatic N) is 5. The van der Waals surface area contributed by atoms with E-state index in [-0.39, 0.29) is 11.9 Å². The lowest BCUT2D eigenvalue weighted by Crippen LogP contribution is -2.47. The summed E-state index contributed by atoms with van der Waals surface area (Å²) in [6.45, 7) is 3.72. The first-order chi connectivity index (χ1) is 11.9. The number of hydrogen-bond donors (Lipinski definition) is 1. The van der Waals surface area contributed by atoms with Crippen molar-refractivity contribution in [3.8, 4) is 6.07 Å². The van der Waals surface area contributed by atoms with Crippen LogP contribution in [0, 0.1) is 17.1 Å². The average Bonchev–Trinajstić information content (AvgIpc) is 3.18. The number of aromatic amines is 1. The molecule has 4 rings (SSSR count). The molecule has 0 spiro atoms. The van der Waals surface area contributed by atoms with E-state index in [1.165, 1.54) is 12.1 Å². The molecular weight excluding hydrogens is 319 g/mol. The highest BCUT2D eigenvalue weighted by Crippen LogP contribution is 2.42. The lowest BCUT2D eigenvalue weighted by molar-refractivity contribution is 0.542. The van der Waals surface area contributed by atoms with Crippen molar-refractivity contribution >= 4 is 28.6 Å². The number of benzene rings is 1. The van der Waals surface area contributed by atoms with Gasteiger partial charge in [0, 0.05) is 24.8 Å². The van der Waals surface area contributed by atoms with Crippen molar-refractivity contribution in [1.82, 2.24) is 14.8 Å². The molecule has 126 valence electrons. The van der Waals surface area contributed by atoms with Crippen LogP contribution in [0.25, 0.3) is 10.9 Å². The lowest BCUT2D eigenvalue weighted by atomic mass is 9.97. The Morgan fingerprint density at radius 1 is 1.32 bits per heavy atom. The number of aryl methyl sites for hydroxylation is 1. The number of nitriles is 1. The fourth-order valence-electron chi connectivity index (χ4n) is 3.38. The Labute approximate surface area is 144 Å². The van der Waals surface area contributed by atoms with Gasteiger partial charge in [-0.25, -0.2) is 9.38 Å². The monoisotopic (exact) mass is 336 g/mol. The minimum absolute atomic E-state index is 0.304. The fourth-order valence-corrected chi connectivity index (χ4v) is 3.38. The van der Waals surface area contributed by atoms with Gasteiger partial charge in [-0.05, 0) is 38.1 Å². The van der Waals surface area contributed by atoms with Crippen LogP contribution < -0.4 is 4.90 Å². The van der Waals surface area contributed by atoms with Gasteiger partial charge in [-0.1, -0.05) is 0 Å². The highest BCUT2D eigenvalue weighted by atomic mass is 19.1. The molecule has 0 fully saturated rings. The van der Waals surface area contributed by atoms with Gasteiger partial charge < -0.3 is 9.88 Å². The summed E-state index contributed by atoms with van der Waals surface area (Å²) in [6, 6.07) is 8.56. The summed E-state index contributed by atoms with van der Waals surface area (Å²) in [5.41, 5.74) is 1.52. The minimum atomic E-state index is -0.780. The normalized spacial score (nSPS) is 16.9. The van der Waals surface area contributed by atoms with Gasteiger partial charge in [0.2, 0.25) is 0 Å². The fraction of sp³-hybridized carbons (Fsp3) is 0.278. The van der Waals surface area contributed by atoms with E-state index in [9.17, 15) is 9.65 Å². The molecule has 6 nitrogen and oxygen atoms in total. The van der Waals surface area contributed by atoms with E-state index in [1.807, 2.05) is 24.8 Å². The number of aliphatic imine (C=N–C) groups is 1. The number of rotatable bonds is 2. The number of H-pyrrole nitrogens is 1. The number of aromatic nitrogens is 3. The molecule has 1 unspecified atom stereocenters. The zero-order valence-electron chi connectivity index (χ0n) is 14.2. The van der Waals surface area contributed by atoms with Gasteiger partial charge in [0.1, 0.15) is 17.4 Å². The summed E-state index contributed by atoms with van der Waals surface area (Å²) in [6.07, 6.45) is 3.58. The molecule has 0 saturated carbocycles. The molecule has 0 bridgehead atoms. The van der Waals surface area contributed by atoms with Crippen molar-refractivity contribution in [2.24, 2.45) is 12.0 Å². The van der Waals surface area contributed by atoms with Gasteiger partial charge >= 0.3 is 0 Å². The van der Waals surface area contributed by atoms with E-state index in [0.29, 0.717) is 11.3 Å². The highest BCUT2D eigenvalue weighted by molar-refractivity contribution is 5.91. The molecule has 25 heavy (non-hydrogen) atoms. The number of hydrogen-bond acceptors (Lipinski definition) is 4. The summed E-state index contributed by atoms with van der Waals surface area (Å²) in [7, 11) is 1.78. The Morgan fingerprint density at radius 2 is 2.12 bits per heavy atom. The van der Waals surface area contributed by atoms with Crippen LogP contribution in [0.5, 0.6) is 0 Å². The topological polar surface area (TPSA) is 73.0 Å². The maximum Gasteiger partial charge on any atom is 0.153 e. The Balaban J connectivity index is 1.94. The van der Waals surface area contributed by atoms with Crippen molar-refractivity contribution in [2.45, 2.75) is 25.4 Å². The molecule has 1 aliphatic heterocycles. The standard InChI is InChI=1S/C18H17FN6/c1-18(2,10-20)25-13-6-7-21-17(13)22-9-15(25)16-12-5-4-11(19)8-14(12)24(3)23-16/h4-9,15,21H,1-3H3. The molecule has 1 aromatic carbocycles. The van der Waals surface area contributed by atoms with Crippen LogP contribution in [0.3, 0.4) is 0 Å². The van der Waals surface area contributed by atoms with Crippen molar-refractivity contribution in [3.05, 3.63) is 42.0 Å². The molecule has 0 radical (unpaired) electrons. The van der Waals surface area contributed by atoms with Crippen LogP contribution in [-0.2, 0) is 7.05 Å². The first-order valence-corrected chi connectivity index (χ1v) is 7.96. The number of nitrogens with one attached hydrogen (secondary N) is 1. The quantitative estimate of drug-likeness (QED) is 0.777.